The number of aryl methyl sites for hydroxylation is 1. The van der Waals surface area contributed by atoms with Crippen LogP contribution in [-0.2, 0) is 10.2 Å². The first-order valence-corrected chi connectivity index (χ1v) is 5.93. The SMILES string of the molecule is Cc1ccnc(C2(C(N)=O)CCCCC2N)n1. The molecule has 1 aromatic rings. The first kappa shape index (κ1) is 12.0. The summed E-state index contributed by atoms with van der Waals surface area (Å²) >= 11 is 0. The van der Waals surface area contributed by atoms with E-state index in [2.05, 4.69) is 9.97 Å². The average molecular weight is 234 g/mol. The summed E-state index contributed by atoms with van der Waals surface area (Å²) < 4.78 is 0. The molecule has 1 amide bonds. The highest BCUT2D eigenvalue weighted by Crippen LogP contribution is 2.36. The van der Waals surface area contributed by atoms with Crippen molar-refractivity contribution in [3.63, 3.8) is 0 Å². The summed E-state index contributed by atoms with van der Waals surface area (Å²) in [5, 5.41) is 0. The highest BCUT2D eigenvalue weighted by atomic mass is 16.1. The van der Waals surface area contributed by atoms with Crippen LogP contribution in [0.25, 0.3) is 0 Å². The van der Waals surface area contributed by atoms with Gasteiger partial charge in [-0.25, -0.2) is 9.97 Å². The predicted octanol–water partition coefficient (Wildman–Crippen LogP) is 0.409. The summed E-state index contributed by atoms with van der Waals surface area (Å²) in [7, 11) is 0. The maximum absolute atomic E-state index is 11.9. The van der Waals surface area contributed by atoms with Gasteiger partial charge in [-0.05, 0) is 25.8 Å². The Bertz CT molecular complexity index is 434. The second-order valence-electron chi connectivity index (χ2n) is 4.71. The van der Waals surface area contributed by atoms with Crippen LogP contribution < -0.4 is 11.5 Å². The van der Waals surface area contributed by atoms with E-state index < -0.39 is 11.3 Å². The van der Waals surface area contributed by atoms with Gasteiger partial charge in [-0.2, -0.15) is 0 Å². The van der Waals surface area contributed by atoms with E-state index in [4.69, 9.17) is 11.5 Å². The molecule has 1 aliphatic rings. The van der Waals surface area contributed by atoms with Gasteiger partial charge in [0, 0.05) is 17.9 Å². The number of amides is 1. The first-order valence-electron chi connectivity index (χ1n) is 5.93. The maximum atomic E-state index is 11.9. The number of primary amides is 1. The van der Waals surface area contributed by atoms with Crippen LogP contribution in [0.4, 0.5) is 0 Å². The van der Waals surface area contributed by atoms with Crippen LogP contribution in [0.15, 0.2) is 12.3 Å². The van der Waals surface area contributed by atoms with E-state index in [1.807, 2.05) is 6.92 Å². The molecule has 1 aliphatic carbocycles. The fourth-order valence-corrected chi connectivity index (χ4v) is 2.56. The summed E-state index contributed by atoms with van der Waals surface area (Å²) in [4.78, 5) is 20.4. The zero-order valence-corrected chi connectivity index (χ0v) is 10.0. The monoisotopic (exact) mass is 234 g/mol. The van der Waals surface area contributed by atoms with Crippen LogP contribution in [0.3, 0.4) is 0 Å². The lowest BCUT2D eigenvalue weighted by atomic mass is 9.69. The van der Waals surface area contributed by atoms with E-state index in [9.17, 15) is 4.79 Å². The number of nitrogens with zero attached hydrogens (tertiary/aromatic N) is 2. The third-order valence-corrected chi connectivity index (χ3v) is 3.60. The zero-order chi connectivity index (χ0) is 12.5. The van der Waals surface area contributed by atoms with Crippen LogP contribution in [0.2, 0.25) is 0 Å². The summed E-state index contributed by atoms with van der Waals surface area (Å²) in [6.45, 7) is 1.87. The summed E-state index contributed by atoms with van der Waals surface area (Å²) in [6.07, 6.45) is 5.06. The zero-order valence-electron chi connectivity index (χ0n) is 10.0. The molecule has 1 fully saturated rings. The second kappa shape index (κ2) is 4.41. The molecule has 0 aromatic carbocycles. The van der Waals surface area contributed by atoms with E-state index in [-0.39, 0.29) is 6.04 Å². The topological polar surface area (TPSA) is 94.9 Å². The summed E-state index contributed by atoms with van der Waals surface area (Å²) in [5.74, 6) is 0.0764. The van der Waals surface area contributed by atoms with Crippen molar-refractivity contribution in [2.45, 2.75) is 44.1 Å². The van der Waals surface area contributed by atoms with E-state index in [0.717, 1.165) is 25.0 Å². The Hall–Kier alpha value is -1.49. The molecule has 0 saturated heterocycles. The maximum Gasteiger partial charge on any atom is 0.232 e. The Morgan fingerprint density at radius 1 is 1.53 bits per heavy atom. The van der Waals surface area contributed by atoms with Gasteiger partial charge in [-0.15, -0.1) is 0 Å². The van der Waals surface area contributed by atoms with Crippen molar-refractivity contribution in [1.82, 2.24) is 9.97 Å². The number of rotatable bonds is 2. The minimum absolute atomic E-state index is 0.282. The molecule has 0 spiro atoms. The van der Waals surface area contributed by atoms with Crippen molar-refractivity contribution in [1.29, 1.82) is 0 Å². The van der Waals surface area contributed by atoms with Crippen molar-refractivity contribution in [2.75, 3.05) is 0 Å². The Balaban J connectivity index is 2.50. The normalized spacial score (nSPS) is 28.9. The number of hydrogen-bond donors (Lipinski definition) is 2. The van der Waals surface area contributed by atoms with Crippen LogP contribution in [-0.4, -0.2) is 21.9 Å². The van der Waals surface area contributed by atoms with Crippen molar-refractivity contribution < 1.29 is 4.79 Å². The van der Waals surface area contributed by atoms with Crippen molar-refractivity contribution in [3.8, 4) is 0 Å². The minimum atomic E-state index is -0.885. The number of nitrogens with two attached hydrogens (primary N) is 2. The van der Waals surface area contributed by atoms with Gasteiger partial charge >= 0.3 is 0 Å². The lowest BCUT2D eigenvalue weighted by Crippen LogP contribution is -2.56. The molecule has 1 heterocycles. The van der Waals surface area contributed by atoms with E-state index in [1.165, 1.54) is 0 Å². The van der Waals surface area contributed by atoms with E-state index in [1.54, 1.807) is 12.3 Å². The van der Waals surface area contributed by atoms with Gasteiger partial charge in [-0.3, -0.25) is 4.79 Å². The molecule has 5 heteroatoms. The molecule has 0 radical (unpaired) electrons. The van der Waals surface area contributed by atoms with Crippen molar-refractivity contribution in [2.24, 2.45) is 11.5 Å². The Morgan fingerprint density at radius 3 is 2.88 bits per heavy atom. The van der Waals surface area contributed by atoms with Crippen LogP contribution >= 0.6 is 0 Å². The number of aromatic nitrogens is 2. The second-order valence-corrected chi connectivity index (χ2v) is 4.71. The standard InChI is InChI=1S/C12H18N4O/c1-8-5-7-15-11(16-8)12(10(14)17)6-3-2-4-9(12)13/h5,7,9H,2-4,6,13H2,1H3,(H2,14,17). The largest absolute Gasteiger partial charge is 0.369 e. The van der Waals surface area contributed by atoms with E-state index >= 15 is 0 Å². The summed E-state index contributed by atoms with van der Waals surface area (Å²) in [6, 6.07) is 1.52. The van der Waals surface area contributed by atoms with Crippen molar-refractivity contribution in [3.05, 3.63) is 23.8 Å². The third kappa shape index (κ3) is 1.91. The molecule has 17 heavy (non-hydrogen) atoms. The molecule has 2 unspecified atom stereocenters. The molecular formula is C12H18N4O. The quantitative estimate of drug-likeness (QED) is 0.774. The number of hydrogen-bond acceptors (Lipinski definition) is 4. The van der Waals surface area contributed by atoms with Crippen LogP contribution in [0.5, 0.6) is 0 Å². The molecular weight excluding hydrogens is 216 g/mol. The molecule has 2 rings (SSSR count). The Morgan fingerprint density at radius 2 is 2.29 bits per heavy atom. The Kier molecular flexibility index (Phi) is 3.11. The number of carbonyl (C=O) groups excluding carboxylic acids is 1. The molecule has 2 atom stereocenters. The Labute approximate surface area is 101 Å². The fourth-order valence-electron chi connectivity index (χ4n) is 2.56. The van der Waals surface area contributed by atoms with Gasteiger partial charge in [0.25, 0.3) is 0 Å². The van der Waals surface area contributed by atoms with Gasteiger partial charge in [0.1, 0.15) is 11.2 Å². The predicted molar refractivity (Wildman–Crippen MR) is 64.1 cm³/mol. The number of carbonyl (C=O) groups is 1. The molecule has 92 valence electrons. The molecule has 4 N–H and O–H groups in total. The van der Waals surface area contributed by atoms with Gasteiger partial charge in [0.2, 0.25) is 5.91 Å². The van der Waals surface area contributed by atoms with Crippen LogP contribution in [0.1, 0.15) is 37.2 Å². The van der Waals surface area contributed by atoms with Gasteiger partial charge in [0.05, 0.1) is 0 Å². The molecule has 1 aromatic heterocycles. The lowest BCUT2D eigenvalue weighted by Gasteiger charge is -2.38. The highest BCUT2D eigenvalue weighted by molar-refractivity contribution is 5.86. The summed E-state index contributed by atoms with van der Waals surface area (Å²) in [5.41, 5.74) is 11.6. The molecule has 1 saturated carbocycles. The lowest BCUT2D eigenvalue weighted by molar-refractivity contribution is -0.125. The van der Waals surface area contributed by atoms with Crippen LogP contribution in [0, 0.1) is 6.92 Å². The van der Waals surface area contributed by atoms with Gasteiger partial charge in [0.15, 0.2) is 0 Å². The average Bonchev–Trinajstić information content (AvgIpc) is 2.29. The first-order chi connectivity index (χ1) is 8.07. The van der Waals surface area contributed by atoms with Gasteiger partial charge < -0.3 is 11.5 Å². The molecule has 0 aliphatic heterocycles. The highest BCUT2D eigenvalue weighted by Gasteiger charge is 2.48. The van der Waals surface area contributed by atoms with Gasteiger partial charge in [-0.1, -0.05) is 12.8 Å². The smallest absolute Gasteiger partial charge is 0.232 e. The fraction of sp³-hybridized carbons (Fsp3) is 0.583. The molecule has 5 nitrogen and oxygen atoms in total. The van der Waals surface area contributed by atoms with E-state index in [0.29, 0.717) is 12.2 Å². The minimum Gasteiger partial charge on any atom is -0.369 e. The molecule has 0 bridgehead atoms. The third-order valence-electron chi connectivity index (χ3n) is 3.60. The van der Waals surface area contributed by atoms with Crippen molar-refractivity contribution >= 4 is 5.91 Å².